The zero-order valence-electron chi connectivity index (χ0n) is 27.5. The summed E-state index contributed by atoms with van der Waals surface area (Å²) in [6, 6.07) is 23.1. The fourth-order valence-electron chi connectivity index (χ4n) is 6.73. The second kappa shape index (κ2) is 13.1. The first-order valence-corrected chi connectivity index (χ1v) is 16.6. The molecule has 8 rings (SSSR count). The number of likely N-dealkylation sites (tertiary alicyclic amines) is 1. The number of alkyl halides is 3. The molecule has 1 atom stereocenters. The van der Waals surface area contributed by atoms with E-state index in [1.165, 1.54) is 6.07 Å². The fraction of sp³-hybridized carbons (Fsp3) is 0.278. The predicted molar refractivity (Wildman–Crippen MR) is 180 cm³/mol. The summed E-state index contributed by atoms with van der Waals surface area (Å²) in [6.07, 6.45) is -0.834. The molecule has 12 nitrogen and oxygen atoms in total. The van der Waals surface area contributed by atoms with Gasteiger partial charge in [0.25, 0.3) is 5.91 Å². The summed E-state index contributed by atoms with van der Waals surface area (Å²) in [5, 5.41) is 15.9. The van der Waals surface area contributed by atoms with Crippen LogP contribution in [-0.4, -0.2) is 63.6 Å². The van der Waals surface area contributed by atoms with Gasteiger partial charge >= 0.3 is 6.18 Å². The number of hydrogen-bond donors (Lipinski definition) is 2. The highest BCUT2D eigenvalue weighted by Crippen LogP contribution is 2.31. The molecule has 1 aliphatic heterocycles. The second-order valence-corrected chi connectivity index (χ2v) is 12.8. The fourth-order valence-corrected chi connectivity index (χ4v) is 6.73. The summed E-state index contributed by atoms with van der Waals surface area (Å²) in [5.74, 6) is -0.0628. The van der Waals surface area contributed by atoms with Crippen LogP contribution in [0.4, 0.5) is 13.2 Å². The zero-order valence-corrected chi connectivity index (χ0v) is 27.5. The lowest BCUT2D eigenvalue weighted by atomic mass is 9.98. The molecule has 1 saturated heterocycles. The summed E-state index contributed by atoms with van der Waals surface area (Å²) >= 11 is 0. The van der Waals surface area contributed by atoms with Gasteiger partial charge in [0.1, 0.15) is 11.5 Å². The first-order chi connectivity index (χ1) is 24.7. The smallest absolute Gasteiger partial charge is 0.359 e. The van der Waals surface area contributed by atoms with Gasteiger partial charge in [0.15, 0.2) is 11.5 Å². The van der Waals surface area contributed by atoms with E-state index in [0.717, 1.165) is 54.0 Å². The molecule has 0 radical (unpaired) electrons. The number of aryl methyl sites for hydroxylation is 1. The number of H-pyrrole nitrogens is 1. The molecular formula is C36H33F3N10O2. The van der Waals surface area contributed by atoms with E-state index in [1.54, 1.807) is 18.2 Å². The van der Waals surface area contributed by atoms with Gasteiger partial charge in [-0.2, -0.15) is 13.2 Å². The topological polar surface area (TPSA) is 136 Å². The summed E-state index contributed by atoms with van der Waals surface area (Å²) in [5.41, 5.74) is 4.73. The number of nitrogens with one attached hydrogen (secondary N) is 2. The standard InChI is InChI=1S/C36H33F3N10O2/c1-22-40-29-9-5-6-10-32(29)48(22)19-25-20-49(46-44-25)26-13-15-47(16-14-26)21-27-18-31(45-51-27)34(50)43-33(23-7-3-2-4-8-23)24-11-12-28-30(17-24)42-35(41-28)36(37,38)39/h2-12,17-18,20,26,33H,13-16,19,21H2,1H3,(H,41,42)(H,43,50). The molecule has 0 spiro atoms. The van der Waals surface area contributed by atoms with Crippen LogP contribution in [0.3, 0.4) is 0 Å². The van der Waals surface area contributed by atoms with Crippen LogP contribution in [0.1, 0.15) is 69.6 Å². The minimum absolute atomic E-state index is 0.110. The van der Waals surface area contributed by atoms with Gasteiger partial charge in [-0.3, -0.25) is 9.69 Å². The zero-order chi connectivity index (χ0) is 35.1. The monoisotopic (exact) mass is 694 g/mol. The van der Waals surface area contributed by atoms with E-state index in [1.807, 2.05) is 66.3 Å². The average molecular weight is 695 g/mol. The molecule has 1 fully saturated rings. The Morgan fingerprint density at radius 2 is 1.75 bits per heavy atom. The number of fused-ring (bicyclic) bond motifs is 2. The molecule has 0 bridgehead atoms. The SMILES string of the molecule is Cc1nc2ccccc2n1Cc1cn(C2CCN(Cc3cc(C(=O)NC(c4ccccc4)c4ccc5nc(C(F)(F)F)[nH]c5c4)no3)CC2)nn1. The Morgan fingerprint density at radius 3 is 2.55 bits per heavy atom. The van der Waals surface area contributed by atoms with Crippen molar-refractivity contribution >= 4 is 28.0 Å². The van der Waals surface area contributed by atoms with Gasteiger partial charge < -0.3 is 19.4 Å². The van der Waals surface area contributed by atoms with Crippen LogP contribution in [-0.2, 0) is 19.3 Å². The third-order valence-electron chi connectivity index (χ3n) is 9.34. The van der Waals surface area contributed by atoms with E-state index in [9.17, 15) is 18.0 Å². The first kappa shape index (κ1) is 32.4. The minimum atomic E-state index is -4.61. The van der Waals surface area contributed by atoms with E-state index < -0.39 is 23.9 Å². The molecule has 5 heterocycles. The number of aromatic nitrogens is 8. The first-order valence-electron chi connectivity index (χ1n) is 16.6. The van der Waals surface area contributed by atoms with Crippen molar-refractivity contribution in [3.63, 3.8) is 0 Å². The van der Waals surface area contributed by atoms with Crippen LogP contribution in [0, 0.1) is 6.92 Å². The van der Waals surface area contributed by atoms with Gasteiger partial charge in [-0.05, 0) is 55.2 Å². The highest BCUT2D eigenvalue weighted by Gasteiger charge is 2.35. The summed E-state index contributed by atoms with van der Waals surface area (Å²) in [6.45, 7) is 4.69. The van der Waals surface area contributed by atoms with Crippen molar-refractivity contribution in [1.82, 2.24) is 49.9 Å². The van der Waals surface area contributed by atoms with E-state index in [4.69, 9.17) is 4.52 Å². The average Bonchev–Trinajstić information content (AvgIpc) is 3.94. The van der Waals surface area contributed by atoms with Crippen LogP contribution < -0.4 is 5.32 Å². The Kier molecular flexibility index (Phi) is 8.34. The summed E-state index contributed by atoms with van der Waals surface area (Å²) in [7, 11) is 0. The lowest BCUT2D eigenvalue weighted by Gasteiger charge is -2.30. The summed E-state index contributed by atoms with van der Waals surface area (Å²) in [4.78, 5) is 26.4. The number of imidazole rings is 2. The molecule has 7 aromatic rings. The van der Waals surface area contributed by atoms with Crippen LogP contribution in [0.15, 0.2) is 89.6 Å². The molecule has 3 aromatic carbocycles. The van der Waals surface area contributed by atoms with Crippen LogP contribution >= 0.6 is 0 Å². The highest BCUT2D eigenvalue weighted by molar-refractivity contribution is 5.93. The number of hydrogen-bond acceptors (Lipinski definition) is 8. The largest absolute Gasteiger partial charge is 0.449 e. The number of carbonyl (C=O) groups is 1. The number of aromatic amines is 1. The van der Waals surface area contributed by atoms with Crippen molar-refractivity contribution in [3.8, 4) is 0 Å². The molecule has 15 heteroatoms. The maximum atomic E-state index is 13.5. The highest BCUT2D eigenvalue weighted by atomic mass is 19.4. The van der Waals surface area contributed by atoms with Crippen molar-refractivity contribution in [1.29, 1.82) is 0 Å². The quantitative estimate of drug-likeness (QED) is 0.182. The Bertz CT molecular complexity index is 2320. The van der Waals surface area contributed by atoms with Crippen LogP contribution in [0.25, 0.3) is 22.1 Å². The minimum Gasteiger partial charge on any atom is -0.359 e. The maximum absolute atomic E-state index is 13.5. The molecule has 0 saturated carbocycles. The van der Waals surface area contributed by atoms with Crippen LogP contribution in [0.5, 0.6) is 0 Å². The number of amides is 1. The number of benzene rings is 3. The Hall–Kier alpha value is -5.83. The Morgan fingerprint density at radius 1 is 0.961 bits per heavy atom. The number of rotatable bonds is 9. The number of piperidine rings is 1. The molecule has 1 amide bonds. The number of halogens is 3. The lowest BCUT2D eigenvalue weighted by molar-refractivity contribution is -0.144. The Balaban J connectivity index is 0.898. The molecule has 260 valence electrons. The second-order valence-electron chi connectivity index (χ2n) is 12.8. The number of carbonyl (C=O) groups excluding carboxylic acids is 1. The summed E-state index contributed by atoms with van der Waals surface area (Å²) < 4.78 is 49.5. The Labute approximate surface area is 289 Å². The molecular weight excluding hydrogens is 661 g/mol. The van der Waals surface area contributed by atoms with Crippen molar-refractivity contribution in [2.75, 3.05) is 13.1 Å². The molecule has 51 heavy (non-hydrogen) atoms. The normalized spacial score (nSPS) is 15.1. The van der Waals surface area contributed by atoms with E-state index in [0.29, 0.717) is 24.4 Å². The van der Waals surface area contributed by atoms with Gasteiger partial charge in [-0.25, -0.2) is 14.6 Å². The molecule has 1 unspecified atom stereocenters. The van der Waals surface area contributed by atoms with Crippen molar-refractivity contribution in [2.45, 2.75) is 51.1 Å². The predicted octanol–water partition coefficient (Wildman–Crippen LogP) is 6.22. The third kappa shape index (κ3) is 6.71. The van der Waals surface area contributed by atoms with Crippen molar-refractivity contribution in [3.05, 3.63) is 125 Å². The van der Waals surface area contributed by atoms with Gasteiger partial charge in [0, 0.05) is 19.2 Å². The van der Waals surface area contributed by atoms with Gasteiger partial charge in [0.05, 0.1) is 53.4 Å². The third-order valence-corrected chi connectivity index (χ3v) is 9.34. The lowest BCUT2D eigenvalue weighted by Crippen LogP contribution is -2.34. The maximum Gasteiger partial charge on any atom is 0.449 e. The molecule has 0 aliphatic carbocycles. The van der Waals surface area contributed by atoms with Gasteiger partial charge in [-0.1, -0.05) is 58.9 Å². The molecule has 1 aliphatic rings. The number of nitrogens with zero attached hydrogens (tertiary/aromatic N) is 8. The molecule has 2 N–H and O–H groups in total. The van der Waals surface area contributed by atoms with E-state index >= 15 is 0 Å². The van der Waals surface area contributed by atoms with E-state index in [2.05, 4.69) is 51.3 Å². The van der Waals surface area contributed by atoms with Crippen molar-refractivity contribution < 1.29 is 22.5 Å². The van der Waals surface area contributed by atoms with Gasteiger partial charge in [0.2, 0.25) is 5.82 Å². The number of para-hydroxylation sites is 2. The van der Waals surface area contributed by atoms with Crippen molar-refractivity contribution in [2.24, 2.45) is 0 Å². The molecule has 4 aromatic heterocycles. The van der Waals surface area contributed by atoms with E-state index in [-0.39, 0.29) is 22.8 Å². The van der Waals surface area contributed by atoms with Gasteiger partial charge in [-0.15, -0.1) is 5.10 Å². The van der Waals surface area contributed by atoms with Crippen LogP contribution in [0.2, 0.25) is 0 Å².